The number of ether oxygens (including phenoxy) is 3. The van der Waals surface area contributed by atoms with Gasteiger partial charge in [0.05, 0.1) is 12.6 Å². The maximum Gasteiger partial charge on any atom is 0.120 e. The van der Waals surface area contributed by atoms with Crippen LogP contribution in [0.4, 0.5) is 5.69 Å². The van der Waals surface area contributed by atoms with Crippen LogP contribution in [-0.4, -0.2) is 18.3 Å². The van der Waals surface area contributed by atoms with Crippen molar-refractivity contribution in [2.45, 2.75) is 38.6 Å². The fourth-order valence-electron chi connectivity index (χ4n) is 5.78. The summed E-state index contributed by atoms with van der Waals surface area (Å²) < 4.78 is 17.9. The van der Waals surface area contributed by atoms with Gasteiger partial charge in [0.15, 0.2) is 0 Å². The lowest BCUT2D eigenvalue weighted by Gasteiger charge is -2.30. The second-order valence-electron chi connectivity index (χ2n) is 10.9. The molecule has 218 valence electrons. The molecule has 0 aliphatic carbocycles. The summed E-state index contributed by atoms with van der Waals surface area (Å²) in [6, 6.07) is 43.8. The van der Waals surface area contributed by atoms with Crippen LogP contribution in [-0.2, 0) is 19.8 Å². The van der Waals surface area contributed by atoms with Crippen LogP contribution in [0.25, 0.3) is 0 Å². The van der Waals surface area contributed by atoms with Gasteiger partial charge in [0.25, 0.3) is 0 Å². The lowest BCUT2D eigenvalue weighted by atomic mass is 9.91. The molecule has 0 spiro atoms. The highest BCUT2D eigenvalue weighted by atomic mass is 16.5. The van der Waals surface area contributed by atoms with E-state index in [2.05, 4.69) is 90.7 Å². The van der Waals surface area contributed by atoms with Crippen molar-refractivity contribution in [1.29, 1.82) is 0 Å². The molecule has 0 amide bonds. The summed E-state index contributed by atoms with van der Waals surface area (Å²) in [4.78, 5) is 2.49. The van der Waals surface area contributed by atoms with E-state index in [0.29, 0.717) is 13.2 Å². The highest BCUT2D eigenvalue weighted by Gasteiger charge is 2.37. The Hall–Kier alpha value is -4.74. The van der Waals surface area contributed by atoms with Gasteiger partial charge in [0.1, 0.15) is 37.1 Å². The van der Waals surface area contributed by atoms with Gasteiger partial charge < -0.3 is 24.2 Å². The fraction of sp³-hybridized carbons (Fsp3) is 0.211. The van der Waals surface area contributed by atoms with Gasteiger partial charge in [-0.1, -0.05) is 91.9 Å². The summed E-state index contributed by atoms with van der Waals surface area (Å²) in [5.74, 6) is 2.75. The van der Waals surface area contributed by atoms with Gasteiger partial charge in [-0.05, 0) is 70.3 Å². The zero-order valence-electron chi connectivity index (χ0n) is 24.4. The summed E-state index contributed by atoms with van der Waals surface area (Å²) in [5.41, 5.74) is 7.23. The highest BCUT2D eigenvalue weighted by Crippen LogP contribution is 2.50. The first kappa shape index (κ1) is 28.4. The van der Waals surface area contributed by atoms with Gasteiger partial charge in [0.2, 0.25) is 0 Å². The molecule has 0 radical (unpaired) electrons. The molecule has 0 bridgehead atoms. The molecule has 1 aliphatic rings. The third-order valence-corrected chi connectivity index (χ3v) is 7.96. The van der Waals surface area contributed by atoms with E-state index in [0.717, 1.165) is 34.9 Å². The van der Waals surface area contributed by atoms with Gasteiger partial charge in [-0.2, -0.15) is 0 Å². The quantitative estimate of drug-likeness (QED) is 0.164. The molecule has 5 aromatic carbocycles. The second kappa shape index (κ2) is 13.5. The van der Waals surface area contributed by atoms with E-state index in [-0.39, 0.29) is 25.2 Å². The van der Waals surface area contributed by atoms with Crippen LogP contribution in [0.2, 0.25) is 0 Å². The Balaban J connectivity index is 1.24. The molecule has 5 nitrogen and oxygen atoms in total. The number of anilines is 1. The summed E-state index contributed by atoms with van der Waals surface area (Å²) >= 11 is 0. The molecular weight excluding hydrogens is 534 g/mol. The largest absolute Gasteiger partial charge is 0.491 e. The number of aliphatic hydroxyl groups excluding tert-OH is 1. The van der Waals surface area contributed by atoms with E-state index in [1.165, 1.54) is 22.4 Å². The number of rotatable bonds is 12. The predicted octanol–water partition coefficient (Wildman–Crippen LogP) is 8.08. The molecule has 1 heterocycles. The minimum absolute atomic E-state index is 0.000974. The third-order valence-electron chi connectivity index (χ3n) is 7.96. The Labute approximate surface area is 253 Å². The minimum atomic E-state index is -0.000974. The van der Waals surface area contributed by atoms with Crippen LogP contribution in [0, 0.1) is 0 Å². The Bertz CT molecular complexity index is 1590. The van der Waals surface area contributed by atoms with Crippen LogP contribution in [0.15, 0.2) is 127 Å². The number of hydrogen-bond acceptors (Lipinski definition) is 5. The topological polar surface area (TPSA) is 51.2 Å². The van der Waals surface area contributed by atoms with Crippen LogP contribution in [0.5, 0.6) is 17.2 Å². The summed E-state index contributed by atoms with van der Waals surface area (Å²) in [5, 5.41) is 9.09. The zero-order chi connectivity index (χ0) is 29.4. The van der Waals surface area contributed by atoms with Crippen molar-refractivity contribution < 1.29 is 19.3 Å². The molecule has 5 aromatic rings. The predicted molar refractivity (Wildman–Crippen MR) is 171 cm³/mol. The smallest absolute Gasteiger partial charge is 0.120 e. The summed E-state index contributed by atoms with van der Waals surface area (Å²) in [6.45, 7) is 4.42. The molecule has 2 unspecified atom stereocenters. The van der Waals surface area contributed by atoms with Crippen molar-refractivity contribution in [3.63, 3.8) is 0 Å². The van der Waals surface area contributed by atoms with Crippen LogP contribution >= 0.6 is 0 Å². The number of benzene rings is 5. The van der Waals surface area contributed by atoms with Crippen molar-refractivity contribution in [2.24, 2.45) is 0 Å². The third kappa shape index (κ3) is 6.85. The van der Waals surface area contributed by atoms with Gasteiger partial charge >= 0.3 is 0 Å². The number of fused-ring (bicyclic) bond motifs is 1. The highest BCUT2D eigenvalue weighted by molar-refractivity contribution is 5.65. The molecule has 0 saturated heterocycles. The molecule has 43 heavy (non-hydrogen) atoms. The van der Waals surface area contributed by atoms with Crippen molar-refractivity contribution in [3.8, 4) is 17.2 Å². The van der Waals surface area contributed by atoms with E-state index in [1.807, 2.05) is 48.5 Å². The van der Waals surface area contributed by atoms with E-state index in [1.54, 1.807) is 0 Å². The monoisotopic (exact) mass is 571 g/mol. The Morgan fingerprint density at radius 2 is 1.16 bits per heavy atom. The van der Waals surface area contributed by atoms with E-state index in [4.69, 9.17) is 19.3 Å². The first-order chi connectivity index (χ1) is 21.2. The molecule has 1 N–H and O–H groups in total. The molecule has 1 aliphatic heterocycles. The lowest BCUT2D eigenvalue weighted by molar-refractivity contribution is 0.201. The summed E-state index contributed by atoms with van der Waals surface area (Å²) in [7, 11) is 0. The maximum absolute atomic E-state index is 9.09. The van der Waals surface area contributed by atoms with E-state index >= 15 is 0 Å². The van der Waals surface area contributed by atoms with Crippen molar-refractivity contribution in [2.75, 3.05) is 18.1 Å². The summed E-state index contributed by atoms with van der Waals surface area (Å²) in [6.07, 6.45) is 0. The SMILES string of the molecule is CC1c2cc(OCc3ccccc3)ccc2N(Cc2ccc(OCCO)cc2)C1c1ccc(OCc2ccccc2)cc1. The minimum Gasteiger partial charge on any atom is -0.491 e. The lowest BCUT2D eigenvalue weighted by Crippen LogP contribution is -2.25. The van der Waals surface area contributed by atoms with Gasteiger partial charge in [0, 0.05) is 18.2 Å². The fourth-order valence-corrected chi connectivity index (χ4v) is 5.78. The number of aliphatic hydroxyl groups is 1. The Morgan fingerprint density at radius 3 is 1.79 bits per heavy atom. The van der Waals surface area contributed by atoms with E-state index in [9.17, 15) is 0 Å². The Kier molecular flexibility index (Phi) is 8.90. The molecule has 2 atom stereocenters. The first-order valence-corrected chi connectivity index (χ1v) is 14.8. The van der Waals surface area contributed by atoms with Crippen molar-refractivity contribution >= 4 is 5.69 Å². The second-order valence-corrected chi connectivity index (χ2v) is 10.9. The zero-order valence-corrected chi connectivity index (χ0v) is 24.4. The van der Waals surface area contributed by atoms with Crippen molar-refractivity contribution in [3.05, 3.63) is 155 Å². The first-order valence-electron chi connectivity index (χ1n) is 14.8. The molecular formula is C38H37NO4. The average molecular weight is 572 g/mol. The molecule has 5 heteroatoms. The van der Waals surface area contributed by atoms with Gasteiger partial charge in [-0.25, -0.2) is 0 Å². The normalized spacial score (nSPS) is 15.6. The number of hydrogen-bond donors (Lipinski definition) is 1. The van der Waals surface area contributed by atoms with Crippen LogP contribution in [0.1, 0.15) is 46.7 Å². The van der Waals surface area contributed by atoms with Crippen LogP contribution < -0.4 is 19.1 Å². The van der Waals surface area contributed by atoms with E-state index < -0.39 is 0 Å². The molecule has 6 rings (SSSR count). The number of nitrogens with zero attached hydrogens (tertiary/aromatic N) is 1. The molecule has 0 saturated carbocycles. The average Bonchev–Trinajstić information content (AvgIpc) is 3.33. The Morgan fingerprint density at radius 1 is 0.605 bits per heavy atom. The van der Waals surface area contributed by atoms with Crippen LogP contribution in [0.3, 0.4) is 0 Å². The van der Waals surface area contributed by atoms with Gasteiger partial charge in [-0.3, -0.25) is 0 Å². The van der Waals surface area contributed by atoms with Gasteiger partial charge in [-0.15, -0.1) is 0 Å². The standard InChI is InChI=1S/C38H37NO4/c1-28-36-24-35(43-27-31-10-6-3-7-11-31)20-21-37(36)39(25-29-12-16-33(17-13-29)41-23-22-40)38(28)32-14-18-34(19-15-32)42-26-30-8-4-2-5-9-30/h2-21,24,28,38,40H,22-23,25-27H2,1H3. The molecule has 0 fully saturated rings. The molecule has 0 aromatic heterocycles. The van der Waals surface area contributed by atoms with Crippen molar-refractivity contribution in [1.82, 2.24) is 0 Å². The maximum atomic E-state index is 9.09.